The van der Waals surface area contributed by atoms with Crippen LogP contribution in [0.5, 0.6) is 0 Å². The van der Waals surface area contributed by atoms with Crippen molar-refractivity contribution in [3.8, 4) is 0 Å². The van der Waals surface area contributed by atoms with Gasteiger partial charge in [0.2, 0.25) is 0 Å². The molecule has 0 amide bonds. The zero-order valence-electron chi connectivity index (χ0n) is 11.3. The predicted octanol–water partition coefficient (Wildman–Crippen LogP) is 4.21. The van der Waals surface area contributed by atoms with Crippen LogP contribution >= 0.6 is 15.9 Å². The minimum atomic E-state index is -0.252. The van der Waals surface area contributed by atoms with Crippen molar-refractivity contribution in [2.75, 3.05) is 6.61 Å². The highest BCUT2D eigenvalue weighted by atomic mass is 79.9. The summed E-state index contributed by atoms with van der Waals surface area (Å²) in [6.45, 7) is 0.780. The Hall–Kier alpha value is -1.12. The maximum Gasteiger partial charge on any atom is 0.120 e. The fourth-order valence-electron chi connectivity index (χ4n) is 3.72. The van der Waals surface area contributed by atoms with Crippen LogP contribution in [0.15, 0.2) is 48.5 Å². The van der Waals surface area contributed by atoms with E-state index < -0.39 is 0 Å². The number of hydrogen-bond acceptors (Lipinski definition) is 1. The third-order valence-electron chi connectivity index (χ3n) is 4.59. The Morgan fingerprint density at radius 1 is 0.900 bits per heavy atom. The van der Waals surface area contributed by atoms with Gasteiger partial charge < -0.3 is 4.74 Å². The van der Waals surface area contributed by atoms with Crippen LogP contribution in [0.1, 0.15) is 28.7 Å². The summed E-state index contributed by atoms with van der Waals surface area (Å²) in [5.74, 6) is 0. The predicted molar refractivity (Wildman–Crippen MR) is 84.4 cm³/mol. The number of rotatable bonds is 0. The van der Waals surface area contributed by atoms with E-state index in [4.69, 9.17) is 4.74 Å². The standard InChI is InChI=1S/C18H17BrO/c19-15-11-18(20-12-15)16-7-3-1-5-13(16)9-10-14-6-2-4-8-17(14)18/h1-8,15H,9-12H2. The van der Waals surface area contributed by atoms with E-state index in [-0.39, 0.29) is 5.60 Å². The van der Waals surface area contributed by atoms with Crippen LogP contribution in [0.2, 0.25) is 0 Å². The summed E-state index contributed by atoms with van der Waals surface area (Å²) in [5.41, 5.74) is 5.35. The molecule has 1 atom stereocenters. The van der Waals surface area contributed by atoms with Gasteiger partial charge >= 0.3 is 0 Å². The average Bonchev–Trinajstić information content (AvgIpc) is 2.82. The summed E-state index contributed by atoms with van der Waals surface area (Å²) in [5, 5.41) is 0. The maximum atomic E-state index is 6.38. The van der Waals surface area contributed by atoms with Gasteiger partial charge in [-0.1, -0.05) is 64.5 Å². The fourth-order valence-corrected chi connectivity index (χ4v) is 4.30. The van der Waals surface area contributed by atoms with Gasteiger partial charge in [0.25, 0.3) is 0 Å². The van der Waals surface area contributed by atoms with Gasteiger partial charge in [-0.2, -0.15) is 0 Å². The van der Waals surface area contributed by atoms with Gasteiger partial charge in [0, 0.05) is 4.83 Å². The van der Waals surface area contributed by atoms with Gasteiger partial charge in [0.15, 0.2) is 0 Å². The number of hydrogen-bond donors (Lipinski definition) is 0. The van der Waals surface area contributed by atoms with E-state index in [1.54, 1.807) is 0 Å². The van der Waals surface area contributed by atoms with Crippen LogP contribution in [0.4, 0.5) is 0 Å². The number of alkyl halides is 1. The van der Waals surface area contributed by atoms with Gasteiger partial charge in [-0.15, -0.1) is 0 Å². The molecule has 1 saturated heterocycles. The molecular weight excluding hydrogens is 312 g/mol. The molecule has 102 valence electrons. The molecule has 1 aliphatic heterocycles. The number of ether oxygens (including phenoxy) is 1. The highest BCUT2D eigenvalue weighted by Crippen LogP contribution is 2.48. The Balaban J connectivity index is 2.00. The third-order valence-corrected chi connectivity index (χ3v) is 5.18. The summed E-state index contributed by atoms with van der Waals surface area (Å²) in [6.07, 6.45) is 3.22. The van der Waals surface area contributed by atoms with Crippen LogP contribution in [0.3, 0.4) is 0 Å². The Labute approximate surface area is 128 Å². The van der Waals surface area contributed by atoms with Gasteiger partial charge in [0.05, 0.1) is 6.61 Å². The van der Waals surface area contributed by atoms with Crippen molar-refractivity contribution in [1.29, 1.82) is 0 Å². The number of halogens is 1. The van der Waals surface area contributed by atoms with E-state index >= 15 is 0 Å². The smallest absolute Gasteiger partial charge is 0.120 e. The molecule has 4 rings (SSSR count). The molecule has 1 nitrogen and oxygen atoms in total. The molecule has 2 heteroatoms. The molecule has 1 heterocycles. The Morgan fingerprint density at radius 2 is 1.45 bits per heavy atom. The zero-order chi connectivity index (χ0) is 13.6. The van der Waals surface area contributed by atoms with Gasteiger partial charge in [0.1, 0.15) is 5.60 Å². The Bertz CT molecular complexity index is 602. The molecule has 0 saturated carbocycles. The summed E-state index contributed by atoms with van der Waals surface area (Å²) in [4.78, 5) is 0.432. The Kier molecular flexibility index (Phi) is 2.97. The van der Waals surface area contributed by atoms with Crippen molar-refractivity contribution in [2.24, 2.45) is 0 Å². The second-order valence-corrected chi connectivity index (χ2v) is 7.05. The molecule has 1 unspecified atom stereocenters. The third kappa shape index (κ3) is 1.78. The molecule has 2 aromatic carbocycles. The van der Waals surface area contributed by atoms with Gasteiger partial charge in [-0.3, -0.25) is 0 Å². The molecule has 0 radical (unpaired) electrons. The molecule has 0 aromatic heterocycles. The topological polar surface area (TPSA) is 9.23 Å². The molecule has 20 heavy (non-hydrogen) atoms. The summed E-state index contributed by atoms with van der Waals surface area (Å²) < 4.78 is 6.38. The number of benzene rings is 2. The summed E-state index contributed by atoms with van der Waals surface area (Å²) >= 11 is 3.75. The highest BCUT2D eigenvalue weighted by Gasteiger charge is 2.45. The van der Waals surface area contributed by atoms with Crippen molar-refractivity contribution in [3.63, 3.8) is 0 Å². The average molecular weight is 329 g/mol. The maximum absolute atomic E-state index is 6.38. The van der Waals surface area contributed by atoms with Crippen molar-refractivity contribution in [1.82, 2.24) is 0 Å². The number of aryl methyl sites for hydroxylation is 2. The Morgan fingerprint density at radius 3 is 1.95 bits per heavy atom. The molecule has 0 N–H and O–H groups in total. The second kappa shape index (κ2) is 4.71. The summed E-state index contributed by atoms with van der Waals surface area (Å²) in [6, 6.07) is 17.6. The molecule has 2 aromatic rings. The molecule has 1 spiro atoms. The van der Waals surface area contributed by atoms with E-state index in [1.165, 1.54) is 22.3 Å². The molecule has 1 fully saturated rings. The minimum Gasteiger partial charge on any atom is -0.364 e. The summed E-state index contributed by atoms with van der Waals surface area (Å²) in [7, 11) is 0. The van der Waals surface area contributed by atoms with Crippen LogP contribution in [0.25, 0.3) is 0 Å². The number of fused-ring (bicyclic) bond motifs is 4. The normalized spacial score (nSPS) is 23.1. The van der Waals surface area contributed by atoms with E-state index in [0.29, 0.717) is 4.83 Å². The quantitative estimate of drug-likeness (QED) is 0.658. The van der Waals surface area contributed by atoms with Crippen molar-refractivity contribution in [2.45, 2.75) is 29.7 Å². The van der Waals surface area contributed by atoms with Gasteiger partial charge in [-0.05, 0) is 41.5 Å². The first-order valence-electron chi connectivity index (χ1n) is 7.24. The van der Waals surface area contributed by atoms with Gasteiger partial charge in [-0.25, -0.2) is 0 Å². The van der Waals surface area contributed by atoms with Crippen LogP contribution in [-0.2, 0) is 23.2 Å². The minimum absolute atomic E-state index is 0.252. The molecule has 1 aliphatic carbocycles. The van der Waals surface area contributed by atoms with E-state index in [2.05, 4.69) is 64.5 Å². The SMILES string of the molecule is BrC1COC2(C1)c1ccccc1CCc1ccccc12. The van der Waals surface area contributed by atoms with E-state index in [1.807, 2.05) is 0 Å². The highest BCUT2D eigenvalue weighted by molar-refractivity contribution is 9.09. The lowest BCUT2D eigenvalue weighted by molar-refractivity contribution is 0.0357. The fraction of sp³-hybridized carbons (Fsp3) is 0.333. The van der Waals surface area contributed by atoms with Crippen LogP contribution in [0, 0.1) is 0 Å². The molecule has 0 bridgehead atoms. The monoisotopic (exact) mass is 328 g/mol. The molecular formula is C18H17BrO. The van der Waals surface area contributed by atoms with Crippen molar-refractivity contribution in [3.05, 3.63) is 70.8 Å². The van der Waals surface area contributed by atoms with Crippen LogP contribution < -0.4 is 0 Å². The lowest BCUT2D eigenvalue weighted by Crippen LogP contribution is -2.28. The second-order valence-electron chi connectivity index (χ2n) is 5.75. The first-order valence-corrected chi connectivity index (χ1v) is 8.16. The van der Waals surface area contributed by atoms with Crippen molar-refractivity contribution < 1.29 is 4.74 Å². The lowest BCUT2D eigenvalue weighted by Gasteiger charge is -2.31. The van der Waals surface area contributed by atoms with E-state index in [9.17, 15) is 0 Å². The zero-order valence-corrected chi connectivity index (χ0v) is 12.9. The first-order chi connectivity index (χ1) is 9.79. The molecule has 2 aliphatic rings. The van der Waals surface area contributed by atoms with Crippen LogP contribution in [-0.4, -0.2) is 11.4 Å². The van der Waals surface area contributed by atoms with Crippen molar-refractivity contribution >= 4 is 15.9 Å². The van der Waals surface area contributed by atoms with E-state index in [0.717, 1.165) is 25.9 Å². The first kappa shape index (κ1) is 12.6. The largest absolute Gasteiger partial charge is 0.364 e. The lowest BCUT2D eigenvalue weighted by atomic mass is 9.81.